The summed E-state index contributed by atoms with van der Waals surface area (Å²) >= 11 is 0. The van der Waals surface area contributed by atoms with Crippen molar-refractivity contribution in [1.82, 2.24) is 0 Å². The van der Waals surface area contributed by atoms with Crippen LogP contribution in [-0.4, -0.2) is 15.8 Å². The van der Waals surface area contributed by atoms with E-state index < -0.39 is 4.92 Å². The maximum absolute atomic E-state index is 10.6. The van der Waals surface area contributed by atoms with E-state index in [0.29, 0.717) is 22.5 Å². The first-order chi connectivity index (χ1) is 9.11. The number of nitrogens with two attached hydrogens (primary N) is 1. The van der Waals surface area contributed by atoms with Gasteiger partial charge in [0, 0.05) is 28.9 Å². The van der Waals surface area contributed by atoms with Crippen LogP contribution in [-0.2, 0) is 0 Å². The molecule has 0 aliphatic rings. The number of nitro groups is 1. The van der Waals surface area contributed by atoms with Gasteiger partial charge in [-0.15, -0.1) is 0 Å². The fraction of sp³-hybridized carbons (Fsp3) is 0. The summed E-state index contributed by atoms with van der Waals surface area (Å²) < 4.78 is 0. The zero-order chi connectivity index (χ0) is 13.8. The number of hydrogen-bond acceptors (Lipinski definition) is 5. The van der Waals surface area contributed by atoms with Gasteiger partial charge in [0.15, 0.2) is 0 Å². The summed E-state index contributed by atoms with van der Waals surface area (Å²) in [4.78, 5) is 10.1. The largest absolute Gasteiger partial charge is 0.410 e. The highest BCUT2D eigenvalue weighted by atomic mass is 16.6. The fourth-order valence-corrected chi connectivity index (χ4v) is 1.66. The Bertz CT molecular complexity index is 619. The lowest BCUT2D eigenvalue weighted by atomic mass is 10.0. The van der Waals surface area contributed by atoms with Crippen molar-refractivity contribution in [2.24, 2.45) is 5.16 Å². The molecule has 6 nitrogen and oxygen atoms in total. The first-order valence-electron chi connectivity index (χ1n) is 5.44. The summed E-state index contributed by atoms with van der Waals surface area (Å²) in [6, 6.07) is 12.6. The third kappa shape index (κ3) is 2.68. The predicted octanol–water partition coefficient (Wildman–Crippen LogP) is 2.40. The molecule has 2 aromatic rings. The lowest BCUT2D eigenvalue weighted by Gasteiger charge is -2.05. The number of rotatable bonds is 3. The average molecular weight is 257 g/mol. The minimum absolute atomic E-state index is 0.0154. The van der Waals surface area contributed by atoms with E-state index in [1.54, 1.807) is 24.3 Å². The zero-order valence-electron chi connectivity index (χ0n) is 9.85. The second-order valence-corrected chi connectivity index (χ2v) is 3.87. The first-order valence-corrected chi connectivity index (χ1v) is 5.44. The van der Waals surface area contributed by atoms with Crippen molar-refractivity contribution >= 4 is 17.1 Å². The highest BCUT2D eigenvalue weighted by Gasteiger charge is 2.10. The number of nitrogens with zero attached hydrogens (tertiary/aromatic N) is 2. The van der Waals surface area contributed by atoms with Crippen molar-refractivity contribution in [3.05, 3.63) is 69.8 Å². The van der Waals surface area contributed by atoms with Gasteiger partial charge in [-0.3, -0.25) is 10.1 Å². The van der Waals surface area contributed by atoms with E-state index >= 15 is 0 Å². The second-order valence-electron chi connectivity index (χ2n) is 3.87. The Hall–Kier alpha value is -2.89. The molecule has 0 atom stereocenters. The van der Waals surface area contributed by atoms with Crippen molar-refractivity contribution in [1.29, 1.82) is 0 Å². The van der Waals surface area contributed by atoms with Crippen molar-refractivity contribution in [2.75, 3.05) is 5.73 Å². The molecule has 0 spiro atoms. The Morgan fingerprint density at radius 1 is 1.05 bits per heavy atom. The molecule has 0 saturated heterocycles. The zero-order valence-corrected chi connectivity index (χ0v) is 9.85. The summed E-state index contributed by atoms with van der Waals surface area (Å²) in [7, 11) is 0. The highest BCUT2D eigenvalue weighted by molar-refractivity contribution is 6.12. The Morgan fingerprint density at radius 3 is 1.95 bits per heavy atom. The Labute approximate surface area is 108 Å². The van der Waals surface area contributed by atoms with E-state index in [9.17, 15) is 10.1 Å². The van der Waals surface area contributed by atoms with Gasteiger partial charge in [0.1, 0.15) is 5.71 Å². The quantitative estimate of drug-likeness (QED) is 0.290. The van der Waals surface area contributed by atoms with E-state index in [-0.39, 0.29) is 5.69 Å². The number of non-ortho nitro benzene ring substituents is 1. The van der Waals surface area contributed by atoms with Crippen LogP contribution < -0.4 is 5.73 Å². The van der Waals surface area contributed by atoms with Gasteiger partial charge in [-0.1, -0.05) is 17.3 Å². The minimum Gasteiger partial charge on any atom is -0.410 e. The molecule has 0 bridgehead atoms. The monoisotopic (exact) mass is 257 g/mol. The topological polar surface area (TPSA) is 102 Å². The van der Waals surface area contributed by atoms with Crippen LogP contribution in [0.3, 0.4) is 0 Å². The molecule has 0 saturated carbocycles. The average Bonchev–Trinajstić information content (AvgIpc) is 2.42. The normalized spacial score (nSPS) is 11.3. The number of nitrogen functional groups attached to an aromatic ring is 1. The lowest BCUT2D eigenvalue weighted by molar-refractivity contribution is -0.384. The predicted molar refractivity (Wildman–Crippen MR) is 71.4 cm³/mol. The maximum atomic E-state index is 10.6. The van der Waals surface area contributed by atoms with Crippen molar-refractivity contribution in [2.45, 2.75) is 0 Å². The molecule has 0 heterocycles. The van der Waals surface area contributed by atoms with Crippen LogP contribution in [0.5, 0.6) is 0 Å². The third-order valence-corrected chi connectivity index (χ3v) is 2.64. The minimum atomic E-state index is -0.483. The molecule has 0 aliphatic carbocycles. The SMILES string of the molecule is Nc1ccc(/C(=N/O)c2ccc([N+](=O)[O-])cc2)cc1. The van der Waals surface area contributed by atoms with Crippen molar-refractivity contribution in [3.8, 4) is 0 Å². The van der Waals surface area contributed by atoms with E-state index in [2.05, 4.69) is 5.16 Å². The van der Waals surface area contributed by atoms with Gasteiger partial charge in [0.2, 0.25) is 0 Å². The van der Waals surface area contributed by atoms with Crippen molar-refractivity contribution in [3.63, 3.8) is 0 Å². The lowest BCUT2D eigenvalue weighted by Crippen LogP contribution is -2.03. The summed E-state index contributed by atoms with van der Waals surface area (Å²) in [6.07, 6.45) is 0. The summed E-state index contributed by atoms with van der Waals surface area (Å²) in [5, 5.41) is 22.9. The molecule has 0 aromatic heterocycles. The molecule has 6 heteroatoms. The molecular formula is C13H11N3O3. The molecule has 0 fully saturated rings. The van der Waals surface area contributed by atoms with Crippen LogP contribution in [0.25, 0.3) is 0 Å². The molecule has 0 amide bonds. The van der Waals surface area contributed by atoms with E-state index in [1.807, 2.05) is 0 Å². The summed E-state index contributed by atoms with van der Waals surface area (Å²) in [5.41, 5.74) is 7.75. The third-order valence-electron chi connectivity index (χ3n) is 2.64. The fourth-order valence-electron chi connectivity index (χ4n) is 1.66. The molecular weight excluding hydrogens is 246 g/mol. The molecule has 0 aliphatic heterocycles. The number of hydrogen-bond donors (Lipinski definition) is 2. The maximum Gasteiger partial charge on any atom is 0.269 e. The van der Waals surface area contributed by atoms with Gasteiger partial charge in [0.25, 0.3) is 5.69 Å². The van der Waals surface area contributed by atoms with E-state index in [1.165, 1.54) is 24.3 Å². The number of anilines is 1. The van der Waals surface area contributed by atoms with Crippen LogP contribution in [0.4, 0.5) is 11.4 Å². The molecule has 0 radical (unpaired) electrons. The standard InChI is InChI=1S/C13H11N3O3/c14-11-5-1-9(2-6-11)13(15-17)10-3-7-12(8-4-10)16(18)19/h1-8,17H,14H2/b15-13-. The smallest absolute Gasteiger partial charge is 0.269 e. The van der Waals surface area contributed by atoms with Crippen molar-refractivity contribution < 1.29 is 10.1 Å². The number of benzene rings is 2. The van der Waals surface area contributed by atoms with E-state index in [4.69, 9.17) is 10.9 Å². The number of nitro benzene ring substituents is 1. The van der Waals surface area contributed by atoms with Crippen LogP contribution >= 0.6 is 0 Å². The van der Waals surface area contributed by atoms with Gasteiger partial charge in [0.05, 0.1) is 4.92 Å². The van der Waals surface area contributed by atoms with Crippen LogP contribution in [0.2, 0.25) is 0 Å². The molecule has 0 unspecified atom stereocenters. The molecule has 96 valence electrons. The van der Waals surface area contributed by atoms with Crippen LogP contribution in [0.15, 0.2) is 53.7 Å². The highest BCUT2D eigenvalue weighted by Crippen LogP contribution is 2.16. The van der Waals surface area contributed by atoms with Gasteiger partial charge in [-0.2, -0.15) is 0 Å². The molecule has 2 aromatic carbocycles. The number of oxime groups is 1. The van der Waals surface area contributed by atoms with Crippen LogP contribution in [0, 0.1) is 10.1 Å². The Kier molecular flexibility index (Phi) is 3.42. The van der Waals surface area contributed by atoms with E-state index in [0.717, 1.165) is 0 Å². The molecule has 19 heavy (non-hydrogen) atoms. The molecule has 3 N–H and O–H groups in total. The summed E-state index contributed by atoms with van der Waals surface area (Å²) in [6.45, 7) is 0. The summed E-state index contributed by atoms with van der Waals surface area (Å²) in [5.74, 6) is 0. The second kappa shape index (κ2) is 5.18. The van der Waals surface area contributed by atoms with Crippen LogP contribution in [0.1, 0.15) is 11.1 Å². The molecule has 2 rings (SSSR count). The van der Waals surface area contributed by atoms with Gasteiger partial charge >= 0.3 is 0 Å². The Balaban J connectivity index is 2.37. The van der Waals surface area contributed by atoms with Gasteiger partial charge in [-0.25, -0.2) is 0 Å². The van der Waals surface area contributed by atoms with Gasteiger partial charge in [-0.05, 0) is 24.3 Å². The Morgan fingerprint density at radius 2 is 1.53 bits per heavy atom. The first kappa shape index (κ1) is 12.6. The van der Waals surface area contributed by atoms with Gasteiger partial charge < -0.3 is 10.9 Å².